The minimum absolute atomic E-state index is 0.210. The van der Waals surface area contributed by atoms with Gasteiger partial charge in [-0.1, -0.05) is 11.6 Å². The molecule has 0 radical (unpaired) electrons. The van der Waals surface area contributed by atoms with Crippen molar-refractivity contribution < 1.29 is 9.26 Å². The number of nitrogens with two attached hydrogens (primary N) is 1. The van der Waals surface area contributed by atoms with E-state index in [-0.39, 0.29) is 11.0 Å². The van der Waals surface area contributed by atoms with E-state index in [9.17, 15) is 0 Å². The molecule has 0 amide bonds. The van der Waals surface area contributed by atoms with Crippen LogP contribution in [-0.2, 0) is 16.8 Å². The average molecular weight is 251 g/mol. The maximum atomic E-state index is 5.86. The number of ether oxygens (including phenoxy) is 1. The van der Waals surface area contributed by atoms with Crippen LogP contribution in [0.1, 0.15) is 50.7 Å². The van der Waals surface area contributed by atoms with Crippen LogP contribution in [0.15, 0.2) is 4.52 Å². The maximum Gasteiger partial charge on any atom is 0.227 e. The lowest BCUT2D eigenvalue weighted by Crippen LogP contribution is -2.39. The summed E-state index contributed by atoms with van der Waals surface area (Å²) in [6, 6.07) is 0. The molecule has 1 aliphatic heterocycles. The number of hydrogen-bond donors (Lipinski definition) is 1. The van der Waals surface area contributed by atoms with Crippen molar-refractivity contribution in [3.05, 3.63) is 11.7 Å². The van der Waals surface area contributed by atoms with E-state index in [2.05, 4.69) is 10.1 Å². The molecule has 1 aromatic heterocycles. The summed E-state index contributed by atoms with van der Waals surface area (Å²) in [6.45, 7) is 3.53. The molecule has 2 aliphatic rings. The van der Waals surface area contributed by atoms with E-state index in [0.717, 1.165) is 25.9 Å². The van der Waals surface area contributed by atoms with Crippen LogP contribution in [0.3, 0.4) is 0 Å². The van der Waals surface area contributed by atoms with Gasteiger partial charge < -0.3 is 15.0 Å². The number of rotatable bonds is 4. The van der Waals surface area contributed by atoms with Gasteiger partial charge in [-0.3, -0.25) is 0 Å². The Morgan fingerprint density at radius 2 is 2.11 bits per heavy atom. The van der Waals surface area contributed by atoms with Crippen molar-refractivity contribution >= 4 is 0 Å². The highest BCUT2D eigenvalue weighted by atomic mass is 16.5. The molecule has 18 heavy (non-hydrogen) atoms. The molecule has 0 aromatic carbocycles. The summed E-state index contributed by atoms with van der Waals surface area (Å²) in [4.78, 5) is 4.52. The number of nitrogens with zero attached hydrogens (tertiary/aromatic N) is 2. The van der Waals surface area contributed by atoms with Crippen LogP contribution >= 0.6 is 0 Å². The normalized spacial score (nSPS) is 30.3. The molecular weight excluding hydrogens is 230 g/mol. The van der Waals surface area contributed by atoms with Gasteiger partial charge in [0.15, 0.2) is 0 Å². The third-order valence-corrected chi connectivity index (χ3v) is 4.53. The largest absolute Gasteiger partial charge is 0.367 e. The first-order valence-corrected chi connectivity index (χ1v) is 6.83. The van der Waals surface area contributed by atoms with Crippen molar-refractivity contribution in [2.24, 2.45) is 11.1 Å². The molecule has 2 heterocycles. The SMILES string of the molecule is CC1(c2noc(CC3(CN)CCC3)n2)CCCO1. The third-order valence-electron chi connectivity index (χ3n) is 4.53. The van der Waals surface area contributed by atoms with Gasteiger partial charge in [0.2, 0.25) is 11.7 Å². The standard InChI is InChI=1S/C13H21N3O2/c1-12(4-3-7-17-12)11-15-10(18-16-11)8-13(9-14)5-2-6-13/h2-9,14H2,1H3. The summed E-state index contributed by atoms with van der Waals surface area (Å²) in [7, 11) is 0. The predicted molar refractivity (Wildman–Crippen MR) is 65.9 cm³/mol. The van der Waals surface area contributed by atoms with Crippen LogP contribution in [-0.4, -0.2) is 23.3 Å². The van der Waals surface area contributed by atoms with Crippen molar-refractivity contribution in [2.45, 2.75) is 51.0 Å². The summed E-state index contributed by atoms with van der Waals surface area (Å²) in [5.41, 5.74) is 5.72. The quantitative estimate of drug-likeness (QED) is 0.882. The summed E-state index contributed by atoms with van der Waals surface area (Å²) in [6.07, 6.45) is 6.46. The van der Waals surface area contributed by atoms with Crippen LogP contribution in [0.4, 0.5) is 0 Å². The van der Waals surface area contributed by atoms with Crippen molar-refractivity contribution in [1.82, 2.24) is 10.1 Å². The fourth-order valence-electron chi connectivity index (χ4n) is 2.95. The van der Waals surface area contributed by atoms with Crippen LogP contribution in [0.25, 0.3) is 0 Å². The molecule has 0 spiro atoms. The van der Waals surface area contributed by atoms with Crippen molar-refractivity contribution in [2.75, 3.05) is 13.2 Å². The summed E-state index contributed by atoms with van der Waals surface area (Å²) < 4.78 is 11.1. The van der Waals surface area contributed by atoms with Crippen molar-refractivity contribution in [3.8, 4) is 0 Å². The number of hydrogen-bond acceptors (Lipinski definition) is 5. The fourth-order valence-corrected chi connectivity index (χ4v) is 2.95. The highest BCUT2D eigenvalue weighted by molar-refractivity contribution is 5.04. The smallest absolute Gasteiger partial charge is 0.227 e. The topological polar surface area (TPSA) is 74.2 Å². The first-order chi connectivity index (χ1) is 8.66. The molecule has 2 fully saturated rings. The van der Waals surface area contributed by atoms with Gasteiger partial charge in [-0.15, -0.1) is 0 Å². The van der Waals surface area contributed by atoms with Crippen molar-refractivity contribution in [3.63, 3.8) is 0 Å². The Labute approximate surface area is 107 Å². The lowest BCUT2D eigenvalue weighted by atomic mass is 9.67. The first-order valence-electron chi connectivity index (χ1n) is 6.83. The minimum Gasteiger partial charge on any atom is -0.367 e. The van der Waals surface area contributed by atoms with Gasteiger partial charge >= 0.3 is 0 Å². The van der Waals surface area contributed by atoms with Gasteiger partial charge in [0.05, 0.1) is 0 Å². The first kappa shape index (κ1) is 12.1. The predicted octanol–water partition coefficient (Wildman–Crippen LogP) is 1.77. The second kappa shape index (κ2) is 4.31. The van der Waals surface area contributed by atoms with Gasteiger partial charge in [0.1, 0.15) is 5.60 Å². The summed E-state index contributed by atoms with van der Waals surface area (Å²) in [5, 5.41) is 4.09. The van der Waals surface area contributed by atoms with Gasteiger partial charge in [-0.05, 0) is 44.6 Å². The molecule has 1 aromatic rings. The van der Waals surface area contributed by atoms with E-state index >= 15 is 0 Å². The Morgan fingerprint density at radius 1 is 1.28 bits per heavy atom. The Morgan fingerprint density at radius 3 is 2.67 bits per heavy atom. The molecule has 0 bridgehead atoms. The number of aromatic nitrogens is 2. The minimum atomic E-state index is -0.350. The Balaban J connectivity index is 1.73. The highest BCUT2D eigenvalue weighted by Gasteiger charge is 2.40. The molecule has 5 nitrogen and oxygen atoms in total. The monoisotopic (exact) mass is 251 g/mol. The Hall–Kier alpha value is -0.940. The molecule has 5 heteroatoms. The molecule has 1 saturated carbocycles. The van der Waals surface area contributed by atoms with E-state index in [4.69, 9.17) is 15.0 Å². The molecule has 100 valence electrons. The zero-order valence-electron chi connectivity index (χ0n) is 10.9. The summed E-state index contributed by atoms with van der Waals surface area (Å²) >= 11 is 0. The highest BCUT2D eigenvalue weighted by Crippen LogP contribution is 2.42. The second-order valence-corrected chi connectivity index (χ2v) is 5.93. The molecule has 3 rings (SSSR count). The molecule has 1 aliphatic carbocycles. The van der Waals surface area contributed by atoms with Crippen LogP contribution in [0, 0.1) is 5.41 Å². The van der Waals surface area contributed by atoms with E-state index in [1.165, 1.54) is 19.3 Å². The van der Waals surface area contributed by atoms with Crippen molar-refractivity contribution in [1.29, 1.82) is 0 Å². The molecule has 1 saturated heterocycles. The van der Waals surface area contributed by atoms with Crippen LogP contribution in [0.5, 0.6) is 0 Å². The molecule has 1 atom stereocenters. The maximum absolute atomic E-state index is 5.86. The van der Waals surface area contributed by atoms with Gasteiger partial charge in [-0.2, -0.15) is 4.98 Å². The van der Waals surface area contributed by atoms with E-state index in [0.29, 0.717) is 18.3 Å². The van der Waals surface area contributed by atoms with Crippen LogP contribution in [0.2, 0.25) is 0 Å². The van der Waals surface area contributed by atoms with Gasteiger partial charge in [0.25, 0.3) is 0 Å². The fraction of sp³-hybridized carbons (Fsp3) is 0.846. The van der Waals surface area contributed by atoms with E-state index < -0.39 is 0 Å². The lowest BCUT2D eigenvalue weighted by molar-refractivity contribution is 0.00768. The Bertz CT molecular complexity index is 414. The molecule has 2 N–H and O–H groups in total. The molecular formula is C13H21N3O2. The average Bonchev–Trinajstić information content (AvgIpc) is 2.93. The zero-order chi connectivity index (χ0) is 12.6. The lowest BCUT2D eigenvalue weighted by Gasteiger charge is -2.39. The van der Waals surface area contributed by atoms with Gasteiger partial charge in [0, 0.05) is 13.0 Å². The van der Waals surface area contributed by atoms with E-state index in [1.807, 2.05) is 6.92 Å². The summed E-state index contributed by atoms with van der Waals surface area (Å²) in [5.74, 6) is 1.41. The molecule has 1 unspecified atom stereocenters. The van der Waals surface area contributed by atoms with Gasteiger partial charge in [-0.25, -0.2) is 0 Å². The third kappa shape index (κ3) is 1.95. The Kier molecular flexibility index (Phi) is 2.90. The van der Waals surface area contributed by atoms with Crippen LogP contribution < -0.4 is 5.73 Å². The zero-order valence-corrected chi connectivity index (χ0v) is 10.9. The van der Waals surface area contributed by atoms with E-state index in [1.54, 1.807) is 0 Å². The second-order valence-electron chi connectivity index (χ2n) is 5.93.